The minimum Gasteiger partial charge on any atom is -0.334 e. The predicted octanol–water partition coefficient (Wildman–Crippen LogP) is 1.55. The maximum Gasteiger partial charge on any atom is 0.261 e. The molecular formula is C13H19N5O. The fourth-order valence-electron chi connectivity index (χ4n) is 2.67. The van der Waals surface area contributed by atoms with E-state index in [2.05, 4.69) is 20.6 Å². The van der Waals surface area contributed by atoms with Gasteiger partial charge >= 0.3 is 0 Å². The fourth-order valence-corrected chi connectivity index (χ4v) is 2.67. The van der Waals surface area contributed by atoms with Crippen LogP contribution in [0.25, 0.3) is 11.5 Å². The van der Waals surface area contributed by atoms with Crippen LogP contribution < -0.4 is 5.32 Å². The van der Waals surface area contributed by atoms with Crippen LogP contribution in [-0.4, -0.2) is 33.0 Å². The van der Waals surface area contributed by atoms with Crippen LogP contribution in [0.2, 0.25) is 0 Å². The molecule has 0 spiro atoms. The lowest BCUT2D eigenvalue weighted by molar-refractivity contribution is 0.392. The average molecular weight is 261 g/mol. The van der Waals surface area contributed by atoms with E-state index < -0.39 is 0 Å². The molecule has 102 valence electrons. The van der Waals surface area contributed by atoms with Crippen molar-refractivity contribution in [2.24, 2.45) is 7.05 Å². The highest BCUT2D eigenvalue weighted by Crippen LogP contribution is 2.28. The zero-order valence-corrected chi connectivity index (χ0v) is 11.6. The fraction of sp³-hybridized carbons (Fsp3) is 0.615. The van der Waals surface area contributed by atoms with Crippen LogP contribution in [0.15, 0.2) is 4.52 Å². The van der Waals surface area contributed by atoms with Crippen molar-refractivity contribution in [2.45, 2.75) is 32.6 Å². The summed E-state index contributed by atoms with van der Waals surface area (Å²) in [4.78, 5) is 4.58. The lowest BCUT2D eigenvalue weighted by atomic mass is 9.98. The van der Waals surface area contributed by atoms with Crippen LogP contribution >= 0.6 is 0 Å². The number of aromatic nitrogens is 4. The van der Waals surface area contributed by atoms with Gasteiger partial charge in [0.1, 0.15) is 0 Å². The zero-order valence-electron chi connectivity index (χ0n) is 11.6. The number of hydrogen-bond acceptors (Lipinski definition) is 5. The minimum atomic E-state index is 0.413. The first kappa shape index (κ1) is 12.3. The largest absolute Gasteiger partial charge is 0.334 e. The molecule has 2 aromatic rings. The van der Waals surface area contributed by atoms with Gasteiger partial charge in [-0.1, -0.05) is 5.16 Å². The first-order chi connectivity index (χ1) is 9.16. The molecule has 0 saturated carbocycles. The number of nitrogens with zero attached hydrogens (tertiary/aromatic N) is 4. The standard InChI is InChI=1S/C13H19N5O/c1-8-11(9(2)18(3)16-8)13-15-12(17-19-13)10-4-6-14-7-5-10/h10,14H,4-7H2,1-3H3. The summed E-state index contributed by atoms with van der Waals surface area (Å²) in [6.45, 7) is 6.04. The molecule has 3 heterocycles. The van der Waals surface area contributed by atoms with Crippen molar-refractivity contribution < 1.29 is 4.52 Å². The topological polar surface area (TPSA) is 68.8 Å². The molecule has 0 atom stereocenters. The van der Waals surface area contributed by atoms with Crippen molar-refractivity contribution in [1.29, 1.82) is 0 Å². The van der Waals surface area contributed by atoms with Gasteiger partial charge in [0, 0.05) is 18.7 Å². The summed E-state index contributed by atoms with van der Waals surface area (Å²) in [6, 6.07) is 0. The molecule has 1 N–H and O–H groups in total. The van der Waals surface area contributed by atoms with Crippen LogP contribution in [0, 0.1) is 13.8 Å². The predicted molar refractivity (Wildman–Crippen MR) is 70.8 cm³/mol. The van der Waals surface area contributed by atoms with Crippen molar-refractivity contribution in [2.75, 3.05) is 13.1 Å². The second kappa shape index (κ2) is 4.77. The summed E-state index contributed by atoms with van der Waals surface area (Å²) in [5.74, 6) is 1.84. The molecule has 0 aliphatic carbocycles. The van der Waals surface area contributed by atoms with E-state index in [1.54, 1.807) is 0 Å². The molecule has 6 heteroatoms. The first-order valence-corrected chi connectivity index (χ1v) is 6.71. The Hall–Kier alpha value is -1.69. The number of piperidine rings is 1. The molecule has 1 saturated heterocycles. The van der Waals surface area contributed by atoms with Gasteiger partial charge in [0.05, 0.1) is 11.3 Å². The second-order valence-electron chi connectivity index (χ2n) is 5.15. The molecule has 1 aliphatic heterocycles. The lowest BCUT2D eigenvalue weighted by Crippen LogP contribution is -2.27. The molecule has 3 rings (SSSR count). The van der Waals surface area contributed by atoms with E-state index in [0.29, 0.717) is 11.8 Å². The normalized spacial score (nSPS) is 17.0. The highest BCUT2D eigenvalue weighted by atomic mass is 16.5. The summed E-state index contributed by atoms with van der Waals surface area (Å²) >= 11 is 0. The Labute approximate surface area is 112 Å². The number of nitrogens with one attached hydrogen (secondary N) is 1. The highest BCUT2D eigenvalue weighted by Gasteiger charge is 2.23. The van der Waals surface area contributed by atoms with Crippen LogP contribution in [0.4, 0.5) is 0 Å². The summed E-state index contributed by atoms with van der Waals surface area (Å²) < 4.78 is 7.29. The highest BCUT2D eigenvalue weighted by molar-refractivity contribution is 5.59. The van der Waals surface area contributed by atoms with Gasteiger partial charge in [0.2, 0.25) is 0 Å². The molecule has 0 unspecified atom stereocenters. The summed E-state index contributed by atoms with van der Waals surface area (Å²) in [5, 5.41) is 11.9. The van der Waals surface area contributed by atoms with Crippen molar-refractivity contribution in [3.8, 4) is 11.5 Å². The van der Waals surface area contributed by atoms with Gasteiger partial charge in [0.15, 0.2) is 5.82 Å². The molecule has 0 bridgehead atoms. The molecule has 0 radical (unpaired) electrons. The molecule has 1 fully saturated rings. The maximum absolute atomic E-state index is 5.44. The van der Waals surface area contributed by atoms with E-state index in [1.807, 2.05) is 25.6 Å². The van der Waals surface area contributed by atoms with Gasteiger partial charge < -0.3 is 9.84 Å². The number of hydrogen-bond donors (Lipinski definition) is 1. The third-order valence-electron chi connectivity index (χ3n) is 3.87. The van der Waals surface area contributed by atoms with E-state index in [9.17, 15) is 0 Å². The lowest BCUT2D eigenvalue weighted by Gasteiger charge is -2.18. The summed E-state index contributed by atoms with van der Waals surface area (Å²) in [6.07, 6.45) is 2.15. The average Bonchev–Trinajstić information content (AvgIpc) is 2.97. The number of rotatable bonds is 2. The van der Waals surface area contributed by atoms with E-state index >= 15 is 0 Å². The van der Waals surface area contributed by atoms with Crippen molar-refractivity contribution in [3.63, 3.8) is 0 Å². The van der Waals surface area contributed by atoms with Crippen LogP contribution in [0.3, 0.4) is 0 Å². The Balaban J connectivity index is 1.92. The first-order valence-electron chi connectivity index (χ1n) is 6.71. The third-order valence-corrected chi connectivity index (χ3v) is 3.87. The minimum absolute atomic E-state index is 0.413. The Kier molecular flexibility index (Phi) is 3.10. The number of aryl methyl sites for hydroxylation is 2. The van der Waals surface area contributed by atoms with E-state index in [4.69, 9.17) is 4.52 Å². The molecule has 6 nitrogen and oxygen atoms in total. The third kappa shape index (κ3) is 2.16. The van der Waals surface area contributed by atoms with Crippen molar-refractivity contribution in [1.82, 2.24) is 25.2 Å². The molecule has 1 aliphatic rings. The molecule has 0 aromatic carbocycles. The molecule has 2 aromatic heterocycles. The molecular weight excluding hydrogens is 242 g/mol. The van der Waals surface area contributed by atoms with Crippen LogP contribution in [0.1, 0.15) is 36.0 Å². The van der Waals surface area contributed by atoms with Crippen LogP contribution in [0.5, 0.6) is 0 Å². The zero-order chi connectivity index (χ0) is 13.4. The smallest absolute Gasteiger partial charge is 0.261 e. The summed E-state index contributed by atoms with van der Waals surface area (Å²) in [7, 11) is 1.93. The van der Waals surface area contributed by atoms with Gasteiger partial charge in [-0.05, 0) is 39.8 Å². The van der Waals surface area contributed by atoms with E-state index in [-0.39, 0.29) is 0 Å². The molecule has 0 amide bonds. The van der Waals surface area contributed by atoms with Gasteiger partial charge in [-0.15, -0.1) is 0 Å². The monoisotopic (exact) mass is 261 g/mol. The molecule has 19 heavy (non-hydrogen) atoms. The Morgan fingerprint density at radius 3 is 2.63 bits per heavy atom. The van der Waals surface area contributed by atoms with Gasteiger partial charge in [0.25, 0.3) is 5.89 Å². The maximum atomic E-state index is 5.44. The second-order valence-corrected chi connectivity index (χ2v) is 5.15. The van der Waals surface area contributed by atoms with E-state index in [0.717, 1.165) is 48.7 Å². The van der Waals surface area contributed by atoms with Crippen molar-refractivity contribution in [3.05, 3.63) is 17.2 Å². The van der Waals surface area contributed by atoms with Gasteiger partial charge in [-0.25, -0.2) is 0 Å². The SMILES string of the molecule is Cc1nn(C)c(C)c1-c1nc(C2CCNCC2)no1. The Bertz CT molecular complexity index is 580. The van der Waals surface area contributed by atoms with Crippen molar-refractivity contribution >= 4 is 0 Å². The van der Waals surface area contributed by atoms with Gasteiger partial charge in [-0.2, -0.15) is 10.1 Å². The van der Waals surface area contributed by atoms with E-state index in [1.165, 1.54) is 0 Å². The quantitative estimate of drug-likeness (QED) is 0.888. The Morgan fingerprint density at radius 1 is 1.26 bits per heavy atom. The summed E-state index contributed by atoms with van der Waals surface area (Å²) in [5.41, 5.74) is 2.95. The van der Waals surface area contributed by atoms with Crippen LogP contribution in [-0.2, 0) is 7.05 Å². The Morgan fingerprint density at radius 2 is 2.00 bits per heavy atom. The van der Waals surface area contributed by atoms with Gasteiger partial charge in [-0.3, -0.25) is 4.68 Å².